The smallest absolute Gasteiger partial charge is 0.235 e. The highest BCUT2D eigenvalue weighted by atomic mass is 79.9. The van der Waals surface area contributed by atoms with Crippen LogP contribution in [0.5, 0.6) is 0 Å². The molecule has 0 heterocycles. The fourth-order valence-corrected chi connectivity index (χ4v) is 3.90. The van der Waals surface area contributed by atoms with Gasteiger partial charge in [-0.05, 0) is 55.2 Å². The van der Waals surface area contributed by atoms with Crippen LogP contribution in [0.2, 0.25) is 5.02 Å². The average molecular weight is 393 g/mol. The summed E-state index contributed by atoms with van der Waals surface area (Å²) in [5.41, 5.74) is 2.40. The van der Waals surface area contributed by atoms with Crippen molar-refractivity contribution in [2.75, 3.05) is 5.32 Å². The van der Waals surface area contributed by atoms with Gasteiger partial charge in [0.15, 0.2) is 0 Å². The van der Waals surface area contributed by atoms with E-state index in [1.807, 2.05) is 49.4 Å². The number of benzene rings is 2. The van der Waals surface area contributed by atoms with E-state index in [1.165, 1.54) is 0 Å². The van der Waals surface area contributed by atoms with Crippen molar-refractivity contribution in [2.24, 2.45) is 0 Å². The van der Waals surface area contributed by atoms with Crippen LogP contribution in [0.3, 0.4) is 0 Å². The highest BCUT2D eigenvalue weighted by Crippen LogP contribution is 2.42. The summed E-state index contributed by atoms with van der Waals surface area (Å²) in [5, 5.41) is 3.64. The predicted octanol–water partition coefficient (Wildman–Crippen LogP) is 5.86. The highest BCUT2D eigenvalue weighted by molar-refractivity contribution is 9.10. The summed E-state index contributed by atoms with van der Waals surface area (Å²) in [6.07, 6.45) is 3.91. The van der Waals surface area contributed by atoms with E-state index in [4.69, 9.17) is 11.6 Å². The Bertz CT molecular complexity index is 721. The van der Waals surface area contributed by atoms with Gasteiger partial charge in [0.25, 0.3) is 0 Å². The molecule has 0 radical (unpaired) electrons. The van der Waals surface area contributed by atoms with Crippen molar-refractivity contribution in [3.63, 3.8) is 0 Å². The SMILES string of the molecule is Cc1ccc(NC(=O)C2(c3ccc(Br)cc3)CCCC2)c(Cl)c1. The highest BCUT2D eigenvalue weighted by Gasteiger charge is 2.42. The summed E-state index contributed by atoms with van der Waals surface area (Å²) >= 11 is 9.73. The number of rotatable bonds is 3. The lowest BCUT2D eigenvalue weighted by molar-refractivity contribution is -0.121. The second-order valence-corrected chi connectivity index (χ2v) is 7.56. The maximum Gasteiger partial charge on any atom is 0.235 e. The van der Waals surface area contributed by atoms with Gasteiger partial charge in [-0.1, -0.05) is 58.6 Å². The third-order valence-corrected chi connectivity index (χ3v) is 5.50. The van der Waals surface area contributed by atoms with Crippen molar-refractivity contribution in [1.29, 1.82) is 0 Å². The van der Waals surface area contributed by atoms with E-state index in [2.05, 4.69) is 21.2 Å². The van der Waals surface area contributed by atoms with Crippen molar-refractivity contribution in [2.45, 2.75) is 38.0 Å². The fraction of sp³-hybridized carbons (Fsp3) is 0.316. The van der Waals surface area contributed by atoms with Gasteiger partial charge in [0.1, 0.15) is 0 Å². The molecule has 2 aromatic carbocycles. The van der Waals surface area contributed by atoms with Crippen LogP contribution in [-0.2, 0) is 10.2 Å². The molecule has 0 unspecified atom stereocenters. The molecule has 0 aromatic heterocycles. The standard InChI is InChI=1S/C19H19BrClNO/c1-13-4-9-17(16(21)12-13)22-18(23)19(10-2-3-11-19)14-5-7-15(20)8-6-14/h4-9,12H,2-3,10-11H2,1H3,(H,22,23). The van der Waals surface area contributed by atoms with Gasteiger partial charge in [-0.3, -0.25) is 4.79 Å². The van der Waals surface area contributed by atoms with Gasteiger partial charge in [0.05, 0.1) is 16.1 Å². The van der Waals surface area contributed by atoms with E-state index in [0.717, 1.165) is 41.3 Å². The van der Waals surface area contributed by atoms with Crippen LogP contribution in [0.15, 0.2) is 46.9 Å². The van der Waals surface area contributed by atoms with E-state index in [9.17, 15) is 4.79 Å². The first kappa shape index (κ1) is 16.5. The lowest BCUT2D eigenvalue weighted by atomic mass is 9.78. The van der Waals surface area contributed by atoms with Gasteiger partial charge in [-0.25, -0.2) is 0 Å². The van der Waals surface area contributed by atoms with Crippen LogP contribution in [0, 0.1) is 6.92 Å². The lowest BCUT2D eigenvalue weighted by Crippen LogP contribution is -2.38. The zero-order valence-electron chi connectivity index (χ0n) is 13.0. The maximum atomic E-state index is 13.1. The second-order valence-electron chi connectivity index (χ2n) is 6.23. The molecule has 0 atom stereocenters. The lowest BCUT2D eigenvalue weighted by Gasteiger charge is -2.28. The molecule has 2 aromatic rings. The first-order chi connectivity index (χ1) is 11.0. The Kier molecular flexibility index (Phi) is 4.79. The summed E-state index contributed by atoms with van der Waals surface area (Å²) in [7, 11) is 0. The van der Waals surface area contributed by atoms with Crippen LogP contribution in [0.1, 0.15) is 36.8 Å². The van der Waals surface area contributed by atoms with E-state index < -0.39 is 5.41 Å². The van der Waals surface area contributed by atoms with Gasteiger partial charge in [-0.2, -0.15) is 0 Å². The number of nitrogens with one attached hydrogen (secondary N) is 1. The molecule has 0 saturated heterocycles. The summed E-state index contributed by atoms with van der Waals surface area (Å²) in [4.78, 5) is 13.1. The Morgan fingerprint density at radius 1 is 1.13 bits per heavy atom. The van der Waals surface area contributed by atoms with Gasteiger partial charge < -0.3 is 5.32 Å². The third kappa shape index (κ3) is 3.31. The minimum Gasteiger partial charge on any atom is -0.324 e. The minimum absolute atomic E-state index is 0.0445. The van der Waals surface area contributed by atoms with Crippen LogP contribution in [-0.4, -0.2) is 5.91 Å². The predicted molar refractivity (Wildman–Crippen MR) is 99.1 cm³/mol. The van der Waals surface area contributed by atoms with Gasteiger partial charge in [-0.15, -0.1) is 0 Å². The number of carbonyl (C=O) groups is 1. The maximum absolute atomic E-state index is 13.1. The molecule has 120 valence electrons. The zero-order chi connectivity index (χ0) is 16.4. The second kappa shape index (κ2) is 6.66. The first-order valence-electron chi connectivity index (χ1n) is 7.85. The minimum atomic E-state index is -0.449. The Morgan fingerprint density at radius 3 is 2.39 bits per heavy atom. The molecule has 1 fully saturated rings. The first-order valence-corrected chi connectivity index (χ1v) is 9.02. The number of halogens is 2. The van der Waals surface area contributed by atoms with E-state index in [1.54, 1.807) is 0 Å². The van der Waals surface area contributed by atoms with E-state index >= 15 is 0 Å². The number of anilines is 1. The van der Waals surface area contributed by atoms with Crippen molar-refractivity contribution < 1.29 is 4.79 Å². The number of hydrogen-bond acceptors (Lipinski definition) is 1. The molecule has 1 aliphatic rings. The van der Waals surface area contributed by atoms with Crippen molar-refractivity contribution in [3.05, 3.63) is 63.1 Å². The zero-order valence-corrected chi connectivity index (χ0v) is 15.4. The molecule has 1 amide bonds. The molecule has 0 bridgehead atoms. The Labute approximate surface area is 150 Å². The molecular weight excluding hydrogens is 374 g/mol. The molecular formula is C19H19BrClNO. The Hall–Kier alpha value is -1.32. The van der Waals surface area contributed by atoms with Crippen molar-refractivity contribution >= 4 is 39.1 Å². The van der Waals surface area contributed by atoms with Gasteiger partial charge in [0, 0.05) is 4.47 Å². The summed E-state index contributed by atoms with van der Waals surface area (Å²) in [5.74, 6) is 0.0445. The topological polar surface area (TPSA) is 29.1 Å². The number of amides is 1. The quantitative estimate of drug-likeness (QED) is 0.696. The van der Waals surface area contributed by atoms with Crippen LogP contribution >= 0.6 is 27.5 Å². The number of aryl methyl sites for hydroxylation is 1. The third-order valence-electron chi connectivity index (χ3n) is 4.66. The molecule has 4 heteroatoms. The van der Waals surface area contributed by atoms with Crippen molar-refractivity contribution in [1.82, 2.24) is 0 Å². The molecule has 23 heavy (non-hydrogen) atoms. The largest absolute Gasteiger partial charge is 0.324 e. The Morgan fingerprint density at radius 2 is 1.78 bits per heavy atom. The van der Waals surface area contributed by atoms with Crippen LogP contribution in [0.4, 0.5) is 5.69 Å². The van der Waals surface area contributed by atoms with Crippen LogP contribution < -0.4 is 5.32 Å². The summed E-state index contributed by atoms with van der Waals surface area (Å²) < 4.78 is 1.02. The Balaban J connectivity index is 1.91. The summed E-state index contributed by atoms with van der Waals surface area (Å²) in [6, 6.07) is 13.8. The molecule has 3 rings (SSSR count). The van der Waals surface area contributed by atoms with Crippen LogP contribution in [0.25, 0.3) is 0 Å². The molecule has 0 spiro atoms. The molecule has 2 nitrogen and oxygen atoms in total. The van der Waals surface area contributed by atoms with E-state index in [-0.39, 0.29) is 5.91 Å². The normalized spacial score (nSPS) is 16.3. The van der Waals surface area contributed by atoms with Crippen molar-refractivity contribution in [3.8, 4) is 0 Å². The molecule has 1 N–H and O–H groups in total. The fourth-order valence-electron chi connectivity index (χ4n) is 3.36. The summed E-state index contributed by atoms with van der Waals surface area (Å²) in [6.45, 7) is 1.98. The number of carbonyl (C=O) groups excluding carboxylic acids is 1. The average Bonchev–Trinajstić information content (AvgIpc) is 3.01. The number of hydrogen-bond donors (Lipinski definition) is 1. The molecule has 1 saturated carbocycles. The van der Waals surface area contributed by atoms with Gasteiger partial charge in [0.2, 0.25) is 5.91 Å². The van der Waals surface area contributed by atoms with Gasteiger partial charge >= 0.3 is 0 Å². The van der Waals surface area contributed by atoms with E-state index in [0.29, 0.717) is 10.7 Å². The molecule has 0 aliphatic heterocycles. The molecule has 1 aliphatic carbocycles. The monoisotopic (exact) mass is 391 g/mol.